The summed E-state index contributed by atoms with van der Waals surface area (Å²) in [4.78, 5) is 44.4. The third-order valence-corrected chi connectivity index (χ3v) is 3.15. The Hall–Kier alpha value is -3.29. The van der Waals surface area contributed by atoms with Gasteiger partial charge in [-0.15, -0.1) is 0 Å². The van der Waals surface area contributed by atoms with Crippen LogP contribution < -0.4 is 10.2 Å². The second-order valence-electron chi connectivity index (χ2n) is 5.25. The number of nitrogens with one attached hydrogen (secondary N) is 1. The number of Topliss-reactive ketones (excluding diaryl/α,β-unsaturated/α-hetero) is 1. The number of likely N-dealkylation sites (N-methyl/N-ethyl adjacent to an activating group) is 1. The zero-order valence-electron chi connectivity index (χ0n) is 13.9. The minimum absolute atomic E-state index is 0.0707. The number of amides is 1. The maximum atomic E-state index is 12.0. The summed E-state index contributed by atoms with van der Waals surface area (Å²) in [5, 5.41) is 2.61. The van der Waals surface area contributed by atoms with E-state index in [2.05, 4.69) is 15.3 Å². The van der Waals surface area contributed by atoms with E-state index in [1.54, 1.807) is 49.8 Å². The van der Waals surface area contributed by atoms with Crippen LogP contribution in [0.3, 0.4) is 0 Å². The molecule has 2 aromatic rings. The number of nitrogens with zero attached hydrogens (tertiary/aromatic N) is 3. The van der Waals surface area contributed by atoms with Gasteiger partial charge >= 0.3 is 5.97 Å². The molecule has 0 saturated heterocycles. The molecule has 0 fully saturated rings. The molecule has 0 aliphatic heterocycles. The molecule has 0 atom stereocenters. The number of anilines is 2. The Morgan fingerprint density at radius 1 is 1.12 bits per heavy atom. The number of benzene rings is 1. The Balaban J connectivity index is 1.82. The molecule has 0 aliphatic carbocycles. The predicted octanol–water partition coefficient (Wildman–Crippen LogP) is 1.30. The topological polar surface area (TPSA) is 101 Å². The Kier molecular flexibility index (Phi) is 6.16. The summed E-state index contributed by atoms with van der Waals surface area (Å²) in [5.74, 6) is -0.696. The van der Waals surface area contributed by atoms with Crippen molar-refractivity contribution in [2.24, 2.45) is 0 Å². The van der Waals surface area contributed by atoms with E-state index in [1.165, 1.54) is 11.8 Å². The lowest BCUT2D eigenvalue weighted by molar-refractivity contribution is -0.140. The number of aromatic nitrogens is 2. The average molecular weight is 342 g/mol. The monoisotopic (exact) mass is 342 g/mol. The summed E-state index contributed by atoms with van der Waals surface area (Å²) in [6.07, 6.45) is 3.14. The number of ketones is 1. The smallest absolute Gasteiger partial charge is 0.326 e. The first-order valence-corrected chi connectivity index (χ1v) is 7.50. The third-order valence-electron chi connectivity index (χ3n) is 3.15. The van der Waals surface area contributed by atoms with Crippen molar-refractivity contribution >= 4 is 29.3 Å². The predicted molar refractivity (Wildman–Crippen MR) is 91.3 cm³/mol. The highest BCUT2D eigenvalue weighted by Gasteiger charge is 2.13. The van der Waals surface area contributed by atoms with Crippen LogP contribution in [0.4, 0.5) is 11.6 Å². The fourth-order valence-electron chi connectivity index (χ4n) is 1.97. The van der Waals surface area contributed by atoms with Crippen LogP contribution in [0, 0.1) is 0 Å². The first kappa shape index (κ1) is 18.1. The minimum atomic E-state index is -0.557. The van der Waals surface area contributed by atoms with Crippen LogP contribution in [0.5, 0.6) is 0 Å². The molecule has 0 aliphatic rings. The second kappa shape index (κ2) is 8.53. The Bertz CT molecular complexity index is 747. The zero-order valence-corrected chi connectivity index (χ0v) is 13.9. The first-order valence-electron chi connectivity index (χ1n) is 7.50. The van der Waals surface area contributed by atoms with Gasteiger partial charge in [-0.25, -0.2) is 9.97 Å². The molecule has 25 heavy (non-hydrogen) atoms. The molecule has 130 valence electrons. The van der Waals surface area contributed by atoms with Crippen molar-refractivity contribution in [3.63, 3.8) is 0 Å². The minimum Gasteiger partial charge on any atom is -0.456 e. The van der Waals surface area contributed by atoms with E-state index < -0.39 is 5.97 Å². The average Bonchev–Trinajstić information content (AvgIpc) is 2.60. The molecule has 1 amide bonds. The number of ether oxygens (including phenoxy) is 1. The molecule has 1 aromatic heterocycles. The van der Waals surface area contributed by atoms with Gasteiger partial charge in [0.1, 0.15) is 6.54 Å². The zero-order chi connectivity index (χ0) is 18.2. The highest BCUT2D eigenvalue weighted by Crippen LogP contribution is 2.10. The lowest BCUT2D eigenvalue weighted by Gasteiger charge is -2.15. The molecule has 8 heteroatoms. The second-order valence-corrected chi connectivity index (χ2v) is 5.25. The van der Waals surface area contributed by atoms with Gasteiger partial charge in [0.2, 0.25) is 11.9 Å². The van der Waals surface area contributed by atoms with E-state index in [0.717, 1.165) is 0 Å². The van der Waals surface area contributed by atoms with Gasteiger partial charge < -0.3 is 15.0 Å². The first-order chi connectivity index (χ1) is 12.0. The van der Waals surface area contributed by atoms with Crippen molar-refractivity contribution in [1.82, 2.24) is 9.97 Å². The fraction of sp³-hybridized carbons (Fsp3) is 0.235. The van der Waals surface area contributed by atoms with Gasteiger partial charge in [0.25, 0.3) is 0 Å². The highest BCUT2D eigenvalue weighted by molar-refractivity contribution is 5.98. The van der Waals surface area contributed by atoms with Gasteiger partial charge in [-0.3, -0.25) is 14.4 Å². The summed E-state index contributed by atoms with van der Waals surface area (Å²) in [6.45, 7) is 0.969. The van der Waals surface area contributed by atoms with E-state index in [-0.39, 0.29) is 24.8 Å². The molecular weight excluding hydrogens is 324 g/mol. The standard InChI is InChI=1S/C17H18N4O4/c1-12(22)20-14-6-4-13(5-7-14)15(23)11-25-16(24)10-21(2)17-18-8-3-9-19-17/h3-9H,10-11H2,1-2H3,(H,20,22). The van der Waals surface area contributed by atoms with Crippen molar-refractivity contribution < 1.29 is 19.1 Å². The SMILES string of the molecule is CC(=O)Nc1ccc(C(=O)COC(=O)CN(C)c2ncccn2)cc1. The highest BCUT2D eigenvalue weighted by atomic mass is 16.5. The maximum Gasteiger partial charge on any atom is 0.326 e. The molecular formula is C17H18N4O4. The lowest BCUT2D eigenvalue weighted by atomic mass is 10.1. The van der Waals surface area contributed by atoms with Crippen molar-refractivity contribution in [3.05, 3.63) is 48.3 Å². The van der Waals surface area contributed by atoms with Crippen LogP contribution >= 0.6 is 0 Å². The van der Waals surface area contributed by atoms with Gasteiger partial charge in [-0.1, -0.05) is 0 Å². The van der Waals surface area contributed by atoms with E-state index >= 15 is 0 Å². The van der Waals surface area contributed by atoms with Crippen molar-refractivity contribution in [2.75, 3.05) is 30.4 Å². The summed E-state index contributed by atoms with van der Waals surface area (Å²) >= 11 is 0. The number of carbonyl (C=O) groups is 3. The van der Waals surface area contributed by atoms with E-state index in [4.69, 9.17) is 4.74 Å². The third kappa shape index (κ3) is 5.69. The number of rotatable bonds is 7. The van der Waals surface area contributed by atoms with Crippen LogP contribution in [0.2, 0.25) is 0 Å². The Labute approximate surface area is 144 Å². The molecule has 2 rings (SSSR count). The van der Waals surface area contributed by atoms with Crippen LogP contribution in [0.15, 0.2) is 42.7 Å². The van der Waals surface area contributed by atoms with Crippen molar-refractivity contribution in [1.29, 1.82) is 0 Å². The Morgan fingerprint density at radius 3 is 2.36 bits per heavy atom. The molecule has 0 unspecified atom stereocenters. The lowest BCUT2D eigenvalue weighted by Crippen LogP contribution is -2.29. The largest absolute Gasteiger partial charge is 0.456 e. The molecule has 0 bridgehead atoms. The van der Waals surface area contributed by atoms with Crippen molar-refractivity contribution in [3.8, 4) is 0 Å². The van der Waals surface area contributed by atoms with E-state index in [0.29, 0.717) is 17.2 Å². The number of hydrogen-bond acceptors (Lipinski definition) is 7. The number of carbonyl (C=O) groups excluding carboxylic acids is 3. The van der Waals surface area contributed by atoms with Gasteiger partial charge in [0.05, 0.1) is 0 Å². The van der Waals surface area contributed by atoms with Gasteiger partial charge in [0, 0.05) is 37.6 Å². The summed E-state index contributed by atoms with van der Waals surface area (Å²) in [6, 6.07) is 8.01. The summed E-state index contributed by atoms with van der Waals surface area (Å²) < 4.78 is 4.99. The maximum absolute atomic E-state index is 12.0. The van der Waals surface area contributed by atoms with Crippen LogP contribution in [-0.2, 0) is 14.3 Å². The Morgan fingerprint density at radius 2 is 1.76 bits per heavy atom. The van der Waals surface area contributed by atoms with Gasteiger partial charge in [0.15, 0.2) is 12.4 Å². The van der Waals surface area contributed by atoms with Crippen LogP contribution in [0.25, 0.3) is 0 Å². The molecule has 8 nitrogen and oxygen atoms in total. The molecule has 1 aromatic carbocycles. The number of hydrogen-bond donors (Lipinski definition) is 1. The van der Waals surface area contributed by atoms with Gasteiger partial charge in [-0.05, 0) is 30.3 Å². The fourth-order valence-corrected chi connectivity index (χ4v) is 1.97. The quantitative estimate of drug-likeness (QED) is 0.597. The molecule has 1 heterocycles. The molecule has 1 N–H and O–H groups in total. The van der Waals surface area contributed by atoms with Crippen LogP contribution in [-0.4, -0.2) is 47.8 Å². The normalized spacial score (nSPS) is 10.0. The van der Waals surface area contributed by atoms with Crippen LogP contribution in [0.1, 0.15) is 17.3 Å². The molecule has 0 spiro atoms. The molecule has 0 radical (unpaired) electrons. The van der Waals surface area contributed by atoms with Crippen molar-refractivity contribution in [2.45, 2.75) is 6.92 Å². The number of esters is 1. The summed E-state index contributed by atoms with van der Waals surface area (Å²) in [5.41, 5.74) is 0.979. The van der Waals surface area contributed by atoms with E-state index in [1.807, 2.05) is 0 Å². The van der Waals surface area contributed by atoms with Gasteiger partial charge in [-0.2, -0.15) is 0 Å². The van der Waals surface area contributed by atoms with E-state index in [9.17, 15) is 14.4 Å². The summed E-state index contributed by atoms with van der Waals surface area (Å²) in [7, 11) is 1.65. The molecule has 0 saturated carbocycles.